The van der Waals surface area contributed by atoms with Gasteiger partial charge in [0.1, 0.15) is 5.82 Å². The Hall–Kier alpha value is -1.50. The lowest BCUT2D eigenvalue weighted by Gasteiger charge is -2.11. The highest BCUT2D eigenvalue weighted by Gasteiger charge is 2.17. The van der Waals surface area contributed by atoms with Gasteiger partial charge in [-0.15, -0.1) is 0 Å². The van der Waals surface area contributed by atoms with Gasteiger partial charge in [0.2, 0.25) is 5.82 Å². The molecule has 0 radical (unpaired) electrons. The van der Waals surface area contributed by atoms with E-state index in [1.165, 1.54) is 6.07 Å². The van der Waals surface area contributed by atoms with Crippen molar-refractivity contribution in [1.29, 1.82) is 0 Å². The minimum Gasteiger partial charge on any atom is -0.378 e. The second kappa shape index (κ2) is 4.56. The summed E-state index contributed by atoms with van der Waals surface area (Å²) in [6.45, 7) is 0. The molecule has 2 rings (SSSR count). The Morgan fingerprint density at radius 1 is 1.62 bits per heavy atom. The van der Waals surface area contributed by atoms with Crippen LogP contribution < -0.4 is 11.1 Å². The van der Waals surface area contributed by atoms with Crippen LogP contribution in [-0.4, -0.2) is 27.5 Å². The molecular weight excluding hydrogens is 228 g/mol. The largest absolute Gasteiger partial charge is 0.378 e. The number of nitro groups is 1. The molecule has 16 heavy (non-hydrogen) atoms. The molecule has 0 spiro atoms. The van der Waals surface area contributed by atoms with Gasteiger partial charge in [-0.25, -0.2) is 4.98 Å². The van der Waals surface area contributed by atoms with Gasteiger partial charge in [0.25, 0.3) is 0 Å². The maximum Gasteiger partial charge on any atom is 0.311 e. The number of pyridine rings is 1. The van der Waals surface area contributed by atoms with Crippen LogP contribution in [0.4, 0.5) is 17.3 Å². The van der Waals surface area contributed by atoms with Gasteiger partial charge in [-0.05, 0) is 18.2 Å². The zero-order valence-electron chi connectivity index (χ0n) is 8.55. The first-order valence-corrected chi connectivity index (χ1v) is 6.07. The topological polar surface area (TPSA) is 94.1 Å². The molecule has 1 aliphatic heterocycles. The van der Waals surface area contributed by atoms with Crippen molar-refractivity contribution in [3.8, 4) is 0 Å². The Balaban J connectivity index is 2.11. The van der Waals surface area contributed by atoms with Gasteiger partial charge in [-0.1, -0.05) is 0 Å². The highest BCUT2D eigenvalue weighted by atomic mass is 32.2. The zero-order valence-corrected chi connectivity index (χ0v) is 9.37. The first kappa shape index (κ1) is 11.0. The number of anilines is 2. The van der Waals surface area contributed by atoms with E-state index in [-0.39, 0.29) is 11.5 Å². The van der Waals surface area contributed by atoms with Crippen LogP contribution in [0, 0.1) is 10.1 Å². The molecule has 3 N–H and O–H groups in total. The van der Waals surface area contributed by atoms with Crippen molar-refractivity contribution < 1.29 is 4.92 Å². The fourth-order valence-corrected chi connectivity index (χ4v) is 2.71. The molecule has 0 amide bonds. The Morgan fingerprint density at radius 2 is 2.44 bits per heavy atom. The lowest BCUT2D eigenvalue weighted by molar-refractivity contribution is -0.384. The van der Waals surface area contributed by atoms with Gasteiger partial charge in [0.15, 0.2) is 0 Å². The number of nitrogens with two attached hydrogens (primary N) is 1. The molecule has 1 atom stereocenters. The van der Waals surface area contributed by atoms with Crippen molar-refractivity contribution in [3.05, 3.63) is 22.2 Å². The maximum absolute atomic E-state index is 10.5. The van der Waals surface area contributed by atoms with Gasteiger partial charge >= 0.3 is 5.69 Å². The summed E-state index contributed by atoms with van der Waals surface area (Å²) in [5.74, 6) is 2.75. The summed E-state index contributed by atoms with van der Waals surface area (Å²) in [5, 5.41) is 13.8. The summed E-state index contributed by atoms with van der Waals surface area (Å²) in [7, 11) is 0. The fourth-order valence-electron chi connectivity index (χ4n) is 1.56. The van der Waals surface area contributed by atoms with Gasteiger partial charge in [0.05, 0.1) is 4.92 Å². The molecule has 1 saturated heterocycles. The quantitative estimate of drug-likeness (QED) is 0.614. The number of nitrogens with one attached hydrogen (secondary N) is 1. The first-order chi connectivity index (χ1) is 7.66. The van der Waals surface area contributed by atoms with Crippen molar-refractivity contribution in [2.75, 3.05) is 22.6 Å². The van der Waals surface area contributed by atoms with Crippen LogP contribution in [-0.2, 0) is 0 Å². The summed E-state index contributed by atoms with van der Waals surface area (Å²) in [4.78, 5) is 14.0. The number of rotatable bonds is 3. The molecule has 0 aromatic carbocycles. The maximum atomic E-state index is 10.5. The number of nitrogens with zero attached hydrogens (tertiary/aromatic N) is 2. The summed E-state index contributed by atoms with van der Waals surface area (Å²) >= 11 is 1.88. The van der Waals surface area contributed by atoms with Gasteiger partial charge in [-0.3, -0.25) is 10.1 Å². The molecule has 0 saturated carbocycles. The van der Waals surface area contributed by atoms with Gasteiger partial charge in [0, 0.05) is 17.9 Å². The van der Waals surface area contributed by atoms with Gasteiger partial charge < -0.3 is 11.1 Å². The summed E-state index contributed by atoms with van der Waals surface area (Å²) in [6, 6.07) is 3.36. The van der Waals surface area contributed by atoms with E-state index in [1.54, 1.807) is 6.07 Å². The molecule has 1 unspecified atom stereocenters. The van der Waals surface area contributed by atoms with Crippen molar-refractivity contribution in [2.45, 2.75) is 12.5 Å². The average molecular weight is 240 g/mol. The molecule has 2 heterocycles. The molecule has 6 nitrogen and oxygen atoms in total. The summed E-state index contributed by atoms with van der Waals surface area (Å²) in [6.07, 6.45) is 1.09. The predicted octanol–water partition coefficient (Wildman–Crippen LogP) is 1.49. The summed E-state index contributed by atoms with van der Waals surface area (Å²) in [5.41, 5.74) is 5.35. The fraction of sp³-hybridized carbons (Fsp3) is 0.444. The number of hydrogen-bond donors (Lipinski definition) is 2. The minimum atomic E-state index is -0.530. The van der Waals surface area contributed by atoms with Crippen LogP contribution in [0.25, 0.3) is 0 Å². The lowest BCUT2D eigenvalue weighted by Crippen LogP contribution is -2.19. The van der Waals surface area contributed by atoms with E-state index < -0.39 is 4.92 Å². The van der Waals surface area contributed by atoms with Crippen molar-refractivity contribution in [2.24, 2.45) is 0 Å². The lowest BCUT2D eigenvalue weighted by atomic mass is 10.2. The standard InChI is InChI=1S/C9H12N4O2S/c10-9-7(13(14)15)1-2-8(12-9)11-6-3-4-16-5-6/h1-2,6H,3-5H2,(H3,10,11,12). The molecule has 1 aliphatic rings. The van der Waals surface area contributed by atoms with E-state index in [0.29, 0.717) is 11.9 Å². The first-order valence-electron chi connectivity index (χ1n) is 4.92. The predicted molar refractivity (Wildman–Crippen MR) is 64.7 cm³/mol. The van der Waals surface area contributed by atoms with E-state index >= 15 is 0 Å². The van der Waals surface area contributed by atoms with Crippen LogP contribution in [0.1, 0.15) is 6.42 Å². The van der Waals surface area contributed by atoms with Crippen LogP contribution in [0.5, 0.6) is 0 Å². The number of thioether (sulfide) groups is 1. The molecular formula is C9H12N4O2S. The van der Waals surface area contributed by atoms with Crippen LogP contribution >= 0.6 is 11.8 Å². The van der Waals surface area contributed by atoms with E-state index in [1.807, 2.05) is 11.8 Å². The molecule has 1 aromatic heterocycles. The highest BCUT2D eigenvalue weighted by molar-refractivity contribution is 7.99. The van der Waals surface area contributed by atoms with Crippen molar-refractivity contribution in [1.82, 2.24) is 4.98 Å². The summed E-state index contributed by atoms with van der Waals surface area (Å²) < 4.78 is 0. The molecule has 1 fully saturated rings. The molecule has 7 heteroatoms. The number of nitrogen functional groups attached to an aromatic ring is 1. The highest BCUT2D eigenvalue weighted by Crippen LogP contribution is 2.24. The third kappa shape index (κ3) is 2.35. The van der Waals surface area contributed by atoms with Crippen LogP contribution in [0.15, 0.2) is 12.1 Å². The molecule has 0 bridgehead atoms. The third-order valence-electron chi connectivity index (χ3n) is 2.38. The van der Waals surface area contributed by atoms with Crippen molar-refractivity contribution >= 4 is 29.1 Å². The second-order valence-electron chi connectivity index (χ2n) is 3.56. The SMILES string of the molecule is Nc1nc(NC2CCSC2)ccc1[N+](=O)[O-]. The Bertz CT molecular complexity index is 406. The molecule has 86 valence electrons. The Labute approximate surface area is 96.8 Å². The van der Waals surface area contributed by atoms with Crippen LogP contribution in [0.3, 0.4) is 0 Å². The monoisotopic (exact) mass is 240 g/mol. The van der Waals surface area contributed by atoms with E-state index in [9.17, 15) is 10.1 Å². The third-order valence-corrected chi connectivity index (χ3v) is 3.54. The van der Waals surface area contributed by atoms with Crippen LogP contribution in [0.2, 0.25) is 0 Å². The van der Waals surface area contributed by atoms with E-state index in [2.05, 4.69) is 10.3 Å². The smallest absolute Gasteiger partial charge is 0.311 e. The normalized spacial score (nSPS) is 19.6. The number of aromatic nitrogens is 1. The second-order valence-corrected chi connectivity index (χ2v) is 4.71. The molecule has 1 aromatic rings. The minimum absolute atomic E-state index is 0.0411. The van der Waals surface area contributed by atoms with E-state index in [4.69, 9.17) is 5.73 Å². The average Bonchev–Trinajstić information content (AvgIpc) is 2.70. The Morgan fingerprint density at radius 3 is 3.00 bits per heavy atom. The van der Waals surface area contributed by atoms with Crippen molar-refractivity contribution in [3.63, 3.8) is 0 Å². The van der Waals surface area contributed by atoms with Gasteiger partial charge in [-0.2, -0.15) is 11.8 Å². The molecule has 0 aliphatic carbocycles. The van der Waals surface area contributed by atoms with E-state index in [0.717, 1.165) is 17.9 Å². The zero-order chi connectivity index (χ0) is 11.5. The number of hydrogen-bond acceptors (Lipinski definition) is 6. The Kier molecular flexibility index (Phi) is 3.14.